The molecule has 0 fully saturated rings. The maximum atomic E-state index is 12.4. The van der Waals surface area contributed by atoms with Gasteiger partial charge in [0, 0.05) is 5.38 Å². The summed E-state index contributed by atoms with van der Waals surface area (Å²) in [6.45, 7) is 0. The fraction of sp³-hybridized carbons (Fsp3) is 0. The Morgan fingerprint density at radius 1 is 1.45 bits per heavy atom. The van der Waals surface area contributed by atoms with E-state index in [1.54, 1.807) is 0 Å². The van der Waals surface area contributed by atoms with Gasteiger partial charge in [0.1, 0.15) is 0 Å². The van der Waals surface area contributed by atoms with Crippen molar-refractivity contribution >= 4 is 21.4 Å². The van der Waals surface area contributed by atoms with E-state index in [0.717, 1.165) is 5.38 Å². The van der Waals surface area contributed by atoms with Crippen LogP contribution in [0.5, 0.6) is 0 Å². The van der Waals surface area contributed by atoms with Gasteiger partial charge in [-0.3, -0.25) is 0 Å². The van der Waals surface area contributed by atoms with Gasteiger partial charge in [-0.25, -0.2) is 22.3 Å². The van der Waals surface area contributed by atoms with Gasteiger partial charge in [0.15, 0.2) is 15.8 Å². The Kier molecular flexibility index (Phi) is 1.95. The van der Waals surface area contributed by atoms with Gasteiger partial charge in [-0.1, -0.05) is 0 Å². The number of primary sulfonamides is 1. The number of sulfonamides is 1. The monoisotopic (exact) mass is 199 g/mol. The molecule has 0 spiro atoms. The smallest absolute Gasteiger partial charge is 0.224 e. The minimum atomic E-state index is -4.11. The van der Waals surface area contributed by atoms with Gasteiger partial charge in [-0.2, -0.15) is 0 Å². The van der Waals surface area contributed by atoms with Crippen molar-refractivity contribution < 1.29 is 17.2 Å². The van der Waals surface area contributed by atoms with Gasteiger partial charge in [0.25, 0.3) is 10.0 Å². The highest BCUT2D eigenvalue weighted by Gasteiger charge is 2.20. The average molecular weight is 199 g/mol. The predicted molar refractivity (Wildman–Crippen MR) is 35.6 cm³/mol. The average Bonchev–Trinajstić information content (AvgIpc) is 2.11. The SMILES string of the molecule is NS(=O)(=O)c1scc(F)c1F. The van der Waals surface area contributed by atoms with E-state index < -0.39 is 25.9 Å². The van der Waals surface area contributed by atoms with Crippen LogP contribution >= 0.6 is 11.3 Å². The van der Waals surface area contributed by atoms with Crippen LogP contribution in [-0.2, 0) is 10.0 Å². The molecule has 62 valence electrons. The minimum Gasteiger partial charge on any atom is -0.224 e. The second kappa shape index (κ2) is 2.50. The Balaban J connectivity index is 3.38. The zero-order chi connectivity index (χ0) is 8.65. The molecule has 11 heavy (non-hydrogen) atoms. The number of rotatable bonds is 1. The van der Waals surface area contributed by atoms with Gasteiger partial charge in [-0.15, -0.1) is 11.3 Å². The van der Waals surface area contributed by atoms with Crippen LogP contribution in [0.3, 0.4) is 0 Å². The molecule has 0 radical (unpaired) electrons. The highest BCUT2D eigenvalue weighted by atomic mass is 32.2. The second-order valence-electron chi connectivity index (χ2n) is 1.73. The highest BCUT2D eigenvalue weighted by Crippen LogP contribution is 2.22. The van der Waals surface area contributed by atoms with Crippen LogP contribution in [0.1, 0.15) is 0 Å². The molecule has 0 aliphatic rings. The lowest BCUT2D eigenvalue weighted by Crippen LogP contribution is -2.11. The van der Waals surface area contributed by atoms with E-state index in [1.165, 1.54) is 0 Å². The molecule has 0 saturated carbocycles. The van der Waals surface area contributed by atoms with E-state index in [2.05, 4.69) is 5.14 Å². The fourth-order valence-corrected chi connectivity index (χ4v) is 2.04. The first kappa shape index (κ1) is 8.57. The van der Waals surface area contributed by atoms with E-state index in [9.17, 15) is 17.2 Å². The molecule has 2 N–H and O–H groups in total. The third-order valence-corrected chi connectivity index (χ3v) is 3.32. The largest absolute Gasteiger partial charge is 0.250 e. The van der Waals surface area contributed by atoms with Crippen molar-refractivity contribution in [3.63, 3.8) is 0 Å². The molecule has 1 rings (SSSR count). The molecule has 1 aromatic rings. The van der Waals surface area contributed by atoms with Crippen molar-refractivity contribution in [2.75, 3.05) is 0 Å². The van der Waals surface area contributed by atoms with Crippen LogP contribution in [0.25, 0.3) is 0 Å². The molecule has 0 saturated heterocycles. The molecule has 0 aliphatic carbocycles. The molecule has 0 aromatic carbocycles. The van der Waals surface area contributed by atoms with E-state index >= 15 is 0 Å². The first-order chi connectivity index (χ1) is 4.93. The van der Waals surface area contributed by atoms with Crippen molar-refractivity contribution in [1.29, 1.82) is 0 Å². The molecule has 3 nitrogen and oxygen atoms in total. The maximum Gasteiger partial charge on any atom is 0.250 e. The van der Waals surface area contributed by atoms with Gasteiger partial charge >= 0.3 is 0 Å². The Morgan fingerprint density at radius 3 is 2.18 bits per heavy atom. The first-order valence-corrected chi connectivity index (χ1v) is 4.81. The lowest BCUT2D eigenvalue weighted by molar-refractivity contribution is 0.498. The standard InChI is InChI=1S/C4H3F2NO2S2/c5-2-1-10-4(3(2)6)11(7,8)9/h1H,(H2,7,8,9). The summed E-state index contributed by atoms with van der Waals surface area (Å²) in [5, 5.41) is 5.29. The molecular weight excluding hydrogens is 196 g/mol. The Bertz CT molecular complexity index is 369. The predicted octanol–water partition coefficient (Wildman–Crippen LogP) is 0.674. The maximum absolute atomic E-state index is 12.4. The van der Waals surface area contributed by atoms with E-state index in [-0.39, 0.29) is 0 Å². The first-order valence-electron chi connectivity index (χ1n) is 2.38. The molecule has 1 heterocycles. The third kappa shape index (κ3) is 1.55. The summed E-state index contributed by atoms with van der Waals surface area (Å²) in [6.07, 6.45) is 0. The summed E-state index contributed by atoms with van der Waals surface area (Å²) in [7, 11) is -4.11. The van der Waals surface area contributed by atoms with E-state index in [4.69, 9.17) is 0 Å². The molecule has 7 heteroatoms. The lowest BCUT2D eigenvalue weighted by atomic mass is 10.6. The molecule has 0 atom stereocenters. The highest BCUT2D eigenvalue weighted by molar-refractivity contribution is 7.91. The molecule has 0 amide bonds. The molecule has 0 bridgehead atoms. The minimum absolute atomic E-state index is 0.420. The van der Waals surface area contributed by atoms with Gasteiger partial charge in [-0.05, 0) is 0 Å². The van der Waals surface area contributed by atoms with Crippen LogP contribution in [-0.4, -0.2) is 8.42 Å². The van der Waals surface area contributed by atoms with Crippen LogP contribution in [0.4, 0.5) is 8.78 Å². The van der Waals surface area contributed by atoms with E-state index in [0.29, 0.717) is 11.3 Å². The summed E-state index contributed by atoms with van der Waals surface area (Å²) >= 11 is 0.420. The number of hydrogen-bond acceptors (Lipinski definition) is 3. The normalized spacial score (nSPS) is 11.9. The summed E-state index contributed by atoms with van der Waals surface area (Å²) in [5.74, 6) is -2.60. The van der Waals surface area contributed by atoms with Gasteiger partial charge in [0.2, 0.25) is 0 Å². The number of hydrogen-bond donors (Lipinski definition) is 1. The summed E-state index contributed by atoms with van der Waals surface area (Å²) < 4.78 is 44.7. The van der Waals surface area contributed by atoms with Crippen LogP contribution in [0.15, 0.2) is 9.59 Å². The topological polar surface area (TPSA) is 60.2 Å². The molecule has 0 aliphatic heterocycles. The Hall–Kier alpha value is -0.530. The Morgan fingerprint density at radius 2 is 2.00 bits per heavy atom. The van der Waals surface area contributed by atoms with Crippen LogP contribution in [0.2, 0.25) is 0 Å². The summed E-state index contributed by atoms with van der Waals surface area (Å²) in [6, 6.07) is 0. The zero-order valence-electron chi connectivity index (χ0n) is 5.04. The molecule has 1 aromatic heterocycles. The fourth-order valence-electron chi connectivity index (χ4n) is 0.498. The zero-order valence-corrected chi connectivity index (χ0v) is 6.68. The number of halogens is 2. The third-order valence-electron chi connectivity index (χ3n) is 0.917. The van der Waals surface area contributed by atoms with Crippen LogP contribution < -0.4 is 5.14 Å². The van der Waals surface area contributed by atoms with Crippen molar-refractivity contribution in [2.24, 2.45) is 5.14 Å². The summed E-state index contributed by atoms with van der Waals surface area (Å²) in [5.41, 5.74) is 0. The Labute approximate surface area is 65.5 Å². The second-order valence-corrected chi connectivity index (χ2v) is 4.37. The van der Waals surface area contributed by atoms with Crippen molar-refractivity contribution in [3.05, 3.63) is 17.0 Å². The van der Waals surface area contributed by atoms with Crippen molar-refractivity contribution in [2.45, 2.75) is 4.21 Å². The van der Waals surface area contributed by atoms with Gasteiger partial charge in [0.05, 0.1) is 0 Å². The lowest BCUT2D eigenvalue weighted by Gasteiger charge is -1.89. The van der Waals surface area contributed by atoms with Crippen molar-refractivity contribution in [1.82, 2.24) is 0 Å². The van der Waals surface area contributed by atoms with Gasteiger partial charge < -0.3 is 0 Å². The van der Waals surface area contributed by atoms with Crippen molar-refractivity contribution in [3.8, 4) is 0 Å². The molecular formula is C4H3F2NO2S2. The summed E-state index contributed by atoms with van der Waals surface area (Å²) in [4.78, 5) is 0. The van der Waals surface area contributed by atoms with Crippen LogP contribution in [0, 0.1) is 11.6 Å². The quantitative estimate of drug-likeness (QED) is 0.722. The number of thiophene rings is 1. The molecule has 0 unspecified atom stereocenters. The van der Waals surface area contributed by atoms with E-state index in [1.807, 2.05) is 0 Å². The number of nitrogens with two attached hydrogens (primary N) is 1.